The molecule has 0 saturated carbocycles. The molecule has 2 aromatic carbocycles. The summed E-state index contributed by atoms with van der Waals surface area (Å²) in [5, 5.41) is 31.5. The summed E-state index contributed by atoms with van der Waals surface area (Å²) >= 11 is 2.01. The third-order valence-electron chi connectivity index (χ3n) is 3.73. The van der Waals surface area contributed by atoms with Gasteiger partial charge in [-0.3, -0.25) is 9.59 Å². The minimum atomic E-state index is -1.25. The van der Waals surface area contributed by atoms with E-state index in [1.165, 1.54) is 0 Å². The molecule has 0 fully saturated rings. The highest BCUT2D eigenvalue weighted by molar-refractivity contribution is 14.1. The number of aromatic nitrogens is 1. The van der Waals surface area contributed by atoms with Gasteiger partial charge in [-0.2, -0.15) is 5.26 Å². The normalized spacial score (nSPS) is 10.3. The predicted molar refractivity (Wildman–Crippen MR) is 107 cm³/mol. The number of pyridine rings is 1. The number of fused-ring (bicyclic) bond motifs is 1. The number of carbonyl (C=O) groups excluding carboxylic acids is 1. The van der Waals surface area contributed by atoms with Gasteiger partial charge in [0.05, 0.1) is 8.96 Å². The monoisotopic (exact) mass is 489 g/mol. The van der Waals surface area contributed by atoms with E-state index in [1.54, 1.807) is 36.4 Å². The number of carboxylic acids is 1. The minimum absolute atomic E-state index is 0.0948. The summed E-state index contributed by atoms with van der Waals surface area (Å²) in [7, 11) is 0. The maximum absolute atomic E-state index is 12.3. The van der Waals surface area contributed by atoms with Crippen molar-refractivity contribution in [3.05, 3.63) is 57.4 Å². The number of para-hydroxylation sites is 1. The van der Waals surface area contributed by atoms with Crippen LogP contribution in [0.4, 0.5) is 0 Å². The van der Waals surface area contributed by atoms with Crippen LogP contribution in [0.3, 0.4) is 0 Å². The number of carbonyl (C=O) groups is 2. The van der Waals surface area contributed by atoms with Gasteiger partial charge < -0.3 is 20.3 Å². The number of aromatic hydroxyl groups is 1. The van der Waals surface area contributed by atoms with Gasteiger partial charge in [0.2, 0.25) is 0 Å². The van der Waals surface area contributed by atoms with Crippen LogP contribution < -0.4 is 10.1 Å². The second kappa shape index (κ2) is 8.10. The van der Waals surface area contributed by atoms with Gasteiger partial charge in [0, 0.05) is 5.39 Å². The molecule has 140 valence electrons. The van der Waals surface area contributed by atoms with Crippen LogP contribution in [-0.2, 0) is 4.79 Å². The zero-order valence-electron chi connectivity index (χ0n) is 14.1. The summed E-state index contributed by atoms with van der Waals surface area (Å²) in [5.41, 5.74) is -0.548. The standard InChI is InChI=1S/C19H12IN3O5/c20-12-7-6-11-13(8-21)23-16(19(27)22-9-14(24)25)17(26)15(11)18(12)28-10-4-2-1-3-5-10/h1-7,26H,9H2,(H,22,27)(H,24,25). The maximum atomic E-state index is 12.3. The molecule has 0 aliphatic rings. The van der Waals surface area contributed by atoms with Gasteiger partial charge in [-0.25, -0.2) is 4.98 Å². The third kappa shape index (κ3) is 3.81. The number of nitrogens with zero attached hydrogens (tertiary/aromatic N) is 2. The molecule has 28 heavy (non-hydrogen) atoms. The van der Waals surface area contributed by atoms with E-state index in [4.69, 9.17) is 9.84 Å². The number of rotatable bonds is 5. The minimum Gasteiger partial charge on any atom is -0.505 e. The van der Waals surface area contributed by atoms with Crippen LogP contribution in [0.2, 0.25) is 0 Å². The SMILES string of the molecule is N#Cc1nc(C(=O)NCC(=O)O)c(O)c2c(Oc3ccccc3)c(I)ccc12. The summed E-state index contributed by atoms with van der Waals surface area (Å²) in [6.07, 6.45) is 0. The van der Waals surface area contributed by atoms with Crippen molar-refractivity contribution in [2.75, 3.05) is 6.54 Å². The largest absolute Gasteiger partial charge is 0.505 e. The van der Waals surface area contributed by atoms with Crippen molar-refractivity contribution >= 4 is 45.2 Å². The fourth-order valence-corrected chi connectivity index (χ4v) is 3.08. The molecule has 3 N–H and O–H groups in total. The number of nitriles is 1. The highest BCUT2D eigenvalue weighted by Crippen LogP contribution is 2.41. The molecule has 3 aromatic rings. The summed E-state index contributed by atoms with van der Waals surface area (Å²) in [6, 6.07) is 14.0. The lowest BCUT2D eigenvalue weighted by Gasteiger charge is -2.14. The van der Waals surface area contributed by atoms with Gasteiger partial charge in [0.1, 0.15) is 24.1 Å². The first-order valence-corrected chi connectivity index (χ1v) is 8.98. The molecule has 3 rings (SSSR count). The van der Waals surface area contributed by atoms with Crippen molar-refractivity contribution < 1.29 is 24.5 Å². The average Bonchev–Trinajstić information content (AvgIpc) is 2.69. The fraction of sp³-hybridized carbons (Fsp3) is 0.0526. The lowest BCUT2D eigenvalue weighted by molar-refractivity contribution is -0.135. The van der Waals surface area contributed by atoms with E-state index in [0.717, 1.165) is 0 Å². The van der Waals surface area contributed by atoms with E-state index in [2.05, 4.69) is 10.3 Å². The summed E-state index contributed by atoms with van der Waals surface area (Å²) in [5.74, 6) is -1.91. The Morgan fingerprint density at radius 3 is 2.57 bits per heavy atom. The molecule has 0 aliphatic carbocycles. The van der Waals surface area contributed by atoms with Crippen molar-refractivity contribution in [2.24, 2.45) is 0 Å². The molecule has 0 bridgehead atoms. The quantitative estimate of drug-likeness (QED) is 0.470. The van der Waals surface area contributed by atoms with E-state index >= 15 is 0 Å². The second-order valence-electron chi connectivity index (χ2n) is 5.56. The molecule has 0 saturated heterocycles. The van der Waals surface area contributed by atoms with Gasteiger partial charge in [0.15, 0.2) is 17.2 Å². The number of nitrogens with one attached hydrogen (secondary N) is 1. The molecule has 1 heterocycles. The molecular formula is C19H12IN3O5. The summed E-state index contributed by atoms with van der Waals surface area (Å²) < 4.78 is 6.54. The van der Waals surface area contributed by atoms with Crippen molar-refractivity contribution in [2.45, 2.75) is 0 Å². The molecule has 8 nitrogen and oxygen atoms in total. The molecule has 9 heteroatoms. The van der Waals surface area contributed by atoms with Gasteiger partial charge in [-0.1, -0.05) is 18.2 Å². The fourth-order valence-electron chi connectivity index (χ4n) is 2.52. The van der Waals surface area contributed by atoms with Gasteiger partial charge >= 0.3 is 5.97 Å². The number of hydrogen-bond donors (Lipinski definition) is 3. The first-order chi connectivity index (χ1) is 13.4. The number of benzene rings is 2. The first kappa shape index (κ1) is 19.4. The summed E-state index contributed by atoms with van der Waals surface area (Å²) in [6.45, 7) is -0.653. The first-order valence-electron chi connectivity index (χ1n) is 7.90. The Balaban J connectivity index is 2.22. The Morgan fingerprint density at radius 1 is 1.21 bits per heavy atom. The lowest BCUT2D eigenvalue weighted by atomic mass is 10.1. The van der Waals surface area contributed by atoms with Crippen LogP contribution >= 0.6 is 22.6 Å². The van der Waals surface area contributed by atoms with E-state index in [-0.39, 0.29) is 16.8 Å². The molecule has 0 spiro atoms. The van der Waals surface area contributed by atoms with E-state index in [1.807, 2.05) is 34.7 Å². The zero-order valence-corrected chi connectivity index (χ0v) is 16.3. The van der Waals surface area contributed by atoms with Crippen LogP contribution in [0.15, 0.2) is 42.5 Å². The highest BCUT2D eigenvalue weighted by atomic mass is 127. The second-order valence-corrected chi connectivity index (χ2v) is 6.72. The van der Waals surface area contributed by atoms with Crippen LogP contribution in [0.5, 0.6) is 17.2 Å². The number of amides is 1. The maximum Gasteiger partial charge on any atom is 0.322 e. The van der Waals surface area contributed by atoms with Crippen molar-refractivity contribution in [3.8, 4) is 23.3 Å². The molecule has 0 radical (unpaired) electrons. The molecule has 0 unspecified atom stereocenters. The topological polar surface area (TPSA) is 133 Å². The molecule has 0 aliphatic heterocycles. The number of hydrogen-bond acceptors (Lipinski definition) is 6. The Morgan fingerprint density at radius 2 is 1.93 bits per heavy atom. The van der Waals surface area contributed by atoms with Crippen LogP contribution in [0, 0.1) is 14.9 Å². The van der Waals surface area contributed by atoms with Gasteiger partial charge in [0.25, 0.3) is 5.91 Å². The summed E-state index contributed by atoms with van der Waals surface area (Å²) in [4.78, 5) is 26.9. The van der Waals surface area contributed by atoms with Gasteiger partial charge in [-0.15, -0.1) is 0 Å². The molecule has 1 aromatic heterocycles. The lowest BCUT2D eigenvalue weighted by Crippen LogP contribution is -2.30. The zero-order chi connectivity index (χ0) is 20.3. The highest BCUT2D eigenvalue weighted by Gasteiger charge is 2.23. The van der Waals surface area contributed by atoms with E-state index in [0.29, 0.717) is 14.7 Å². The Kier molecular flexibility index (Phi) is 5.60. The van der Waals surface area contributed by atoms with E-state index < -0.39 is 29.9 Å². The molecule has 1 amide bonds. The average molecular weight is 489 g/mol. The third-order valence-corrected chi connectivity index (χ3v) is 4.58. The van der Waals surface area contributed by atoms with E-state index in [9.17, 15) is 20.0 Å². The van der Waals surface area contributed by atoms with Crippen LogP contribution in [0.25, 0.3) is 10.8 Å². The smallest absolute Gasteiger partial charge is 0.322 e. The molecule has 0 atom stereocenters. The number of aliphatic carboxylic acids is 1. The molecular weight excluding hydrogens is 477 g/mol. The predicted octanol–water partition coefficient (Wildman–Crippen LogP) is 3.02. The Hall–Kier alpha value is -3.39. The Labute approximate surface area is 172 Å². The van der Waals surface area contributed by atoms with Gasteiger partial charge in [-0.05, 0) is 46.9 Å². The number of ether oxygens (including phenoxy) is 1. The number of halogens is 1. The Bertz CT molecular complexity index is 1130. The van der Waals surface area contributed by atoms with Crippen LogP contribution in [0.1, 0.15) is 16.2 Å². The number of carboxylic acid groups (broad SMARTS) is 1. The van der Waals surface area contributed by atoms with Crippen molar-refractivity contribution in [1.29, 1.82) is 5.26 Å². The van der Waals surface area contributed by atoms with Crippen molar-refractivity contribution in [3.63, 3.8) is 0 Å². The van der Waals surface area contributed by atoms with Crippen molar-refractivity contribution in [1.82, 2.24) is 10.3 Å². The van der Waals surface area contributed by atoms with Crippen LogP contribution in [-0.4, -0.2) is 33.6 Å².